The molecule has 0 atom stereocenters. The molecule has 1 saturated heterocycles. The number of thiophene rings is 1. The molecular formula is C16H28N2O2S2. The van der Waals surface area contributed by atoms with Gasteiger partial charge in [-0.15, -0.1) is 11.3 Å². The molecule has 126 valence electrons. The van der Waals surface area contributed by atoms with Gasteiger partial charge in [0.1, 0.15) is 4.21 Å². The van der Waals surface area contributed by atoms with Gasteiger partial charge in [-0.1, -0.05) is 20.8 Å². The quantitative estimate of drug-likeness (QED) is 0.827. The fourth-order valence-corrected chi connectivity index (χ4v) is 5.34. The van der Waals surface area contributed by atoms with Crippen LogP contribution in [0.25, 0.3) is 0 Å². The van der Waals surface area contributed by atoms with Gasteiger partial charge in [0, 0.05) is 18.0 Å². The lowest BCUT2D eigenvalue weighted by Gasteiger charge is -2.32. The molecule has 0 aliphatic carbocycles. The highest BCUT2D eigenvalue weighted by atomic mass is 32.2. The van der Waals surface area contributed by atoms with Crippen molar-refractivity contribution in [3.8, 4) is 0 Å². The summed E-state index contributed by atoms with van der Waals surface area (Å²) in [5, 5.41) is 0. The molecule has 1 aromatic heterocycles. The molecule has 0 aromatic carbocycles. The molecule has 1 aliphatic heterocycles. The van der Waals surface area contributed by atoms with Gasteiger partial charge in [0.25, 0.3) is 0 Å². The highest BCUT2D eigenvalue weighted by molar-refractivity contribution is 7.91. The topological polar surface area (TPSA) is 49.4 Å². The lowest BCUT2D eigenvalue weighted by atomic mass is 9.96. The predicted molar refractivity (Wildman–Crippen MR) is 92.9 cm³/mol. The molecule has 2 heterocycles. The largest absolute Gasteiger partial charge is 0.303 e. The summed E-state index contributed by atoms with van der Waals surface area (Å²) in [5.74, 6) is 1.16. The van der Waals surface area contributed by atoms with Crippen molar-refractivity contribution in [1.29, 1.82) is 0 Å². The van der Waals surface area contributed by atoms with E-state index in [1.54, 1.807) is 6.07 Å². The molecule has 0 amide bonds. The van der Waals surface area contributed by atoms with Gasteiger partial charge >= 0.3 is 0 Å². The van der Waals surface area contributed by atoms with Crippen LogP contribution >= 0.6 is 11.3 Å². The molecule has 0 unspecified atom stereocenters. The zero-order valence-corrected chi connectivity index (χ0v) is 15.5. The van der Waals surface area contributed by atoms with E-state index >= 15 is 0 Å². The van der Waals surface area contributed by atoms with Crippen molar-refractivity contribution >= 4 is 21.4 Å². The maximum Gasteiger partial charge on any atom is 0.250 e. The number of hydrogen-bond donors (Lipinski definition) is 1. The number of sulfonamides is 1. The Morgan fingerprint density at radius 2 is 2.00 bits per heavy atom. The molecule has 2 rings (SSSR count). The van der Waals surface area contributed by atoms with Crippen molar-refractivity contribution in [2.45, 2.75) is 44.2 Å². The molecule has 1 fully saturated rings. The zero-order valence-electron chi connectivity index (χ0n) is 13.8. The van der Waals surface area contributed by atoms with E-state index in [2.05, 4.69) is 23.5 Å². The van der Waals surface area contributed by atoms with Gasteiger partial charge < -0.3 is 4.90 Å². The summed E-state index contributed by atoms with van der Waals surface area (Å²) in [5.41, 5.74) is 0. The monoisotopic (exact) mass is 344 g/mol. The maximum absolute atomic E-state index is 12.3. The number of aryl methyl sites for hydroxylation is 1. The van der Waals surface area contributed by atoms with Crippen LogP contribution in [0.15, 0.2) is 16.3 Å². The Labute approximate surface area is 139 Å². The standard InChI is InChI=1S/C16H28N2O2S2/c1-4-15-5-6-16(21-15)22(19,20)17-11-14-7-9-18(10-8-14)12-13(2)3/h5-6,13-14,17H,4,7-12H2,1-3H3. The molecule has 1 aromatic rings. The Bertz CT molecular complexity index is 558. The van der Waals surface area contributed by atoms with Crippen LogP contribution in [0.2, 0.25) is 0 Å². The molecule has 22 heavy (non-hydrogen) atoms. The first-order chi connectivity index (χ1) is 10.4. The van der Waals surface area contributed by atoms with Crippen LogP contribution in [0, 0.1) is 11.8 Å². The fourth-order valence-electron chi connectivity index (χ4n) is 2.88. The molecular weight excluding hydrogens is 316 g/mol. The number of hydrogen-bond acceptors (Lipinski definition) is 4. The normalized spacial score (nSPS) is 18.2. The molecule has 1 aliphatic rings. The summed E-state index contributed by atoms with van der Waals surface area (Å²) in [6.45, 7) is 10.4. The second kappa shape index (κ2) is 7.90. The van der Waals surface area contributed by atoms with Crippen LogP contribution in [0.1, 0.15) is 38.5 Å². The first-order valence-corrected chi connectivity index (χ1v) is 10.5. The van der Waals surface area contributed by atoms with Crippen molar-refractivity contribution < 1.29 is 8.42 Å². The summed E-state index contributed by atoms with van der Waals surface area (Å²) >= 11 is 1.37. The minimum Gasteiger partial charge on any atom is -0.303 e. The minimum absolute atomic E-state index is 0.446. The summed E-state index contributed by atoms with van der Waals surface area (Å²) in [4.78, 5) is 3.60. The molecule has 0 spiro atoms. The Hall–Kier alpha value is -0.430. The lowest BCUT2D eigenvalue weighted by Crippen LogP contribution is -2.39. The predicted octanol–water partition coefficient (Wildman–Crippen LogP) is 2.96. The van der Waals surface area contributed by atoms with E-state index in [0.717, 1.165) is 43.8 Å². The van der Waals surface area contributed by atoms with Gasteiger partial charge in [0.15, 0.2) is 0 Å². The van der Waals surface area contributed by atoms with E-state index in [0.29, 0.717) is 22.6 Å². The molecule has 4 nitrogen and oxygen atoms in total. The minimum atomic E-state index is -3.33. The van der Waals surface area contributed by atoms with Gasteiger partial charge in [-0.3, -0.25) is 0 Å². The third-order valence-electron chi connectivity index (χ3n) is 4.14. The van der Waals surface area contributed by atoms with Gasteiger partial charge in [-0.25, -0.2) is 13.1 Å². The Morgan fingerprint density at radius 3 is 2.55 bits per heavy atom. The Morgan fingerprint density at radius 1 is 1.32 bits per heavy atom. The first-order valence-electron chi connectivity index (χ1n) is 8.21. The zero-order chi connectivity index (χ0) is 16.2. The average Bonchev–Trinajstić information content (AvgIpc) is 2.96. The van der Waals surface area contributed by atoms with Crippen molar-refractivity contribution in [2.24, 2.45) is 11.8 Å². The summed E-state index contributed by atoms with van der Waals surface area (Å²) < 4.78 is 27.9. The highest BCUT2D eigenvalue weighted by Crippen LogP contribution is 2.23. The number of nitrogens with one attached hydrogen (secondary N) is 1. The Kier molecular flexibility index (Phi) is 6.44. The van der Waals surface area contributed by atoms with E-state index in [1.807, 2.05) is 13.0 Å². The smallest absolute Gasteiger partial charge is 0.250 e. The second-order valence-electron chi connectivity index (χ2n) is 6.56. The first kappa shape index (κ1) is 17.9. The molecule has 6 heteroatoms. The van der Waals surface area contributed by atoms with Crippen molar-refractivity contribution in [2.75, 3.05) is 26.2 Å². The van der Waals surface area contributed by atoms with E-state index in [4.69, 9.17) is 0 Å². The number of nitrogens with zero attached hydrogens (tertiary/aromatic N) is 1. The summed E-state index contributed by atoms with van der Waals surface area (Å²) in [6.07, 6.45) is 3.05. The van der Waals surface area contributed by atoms with Crippen LogP contribution in [-0.4, -0.2) is 39.5 Å². The van der Waals surface area contributed by atoms with Crippen molar-refractivity contribution in [3.05, 3.63) is 17.0 Å². The average molecular weight is 345 g/mol. The lowest BCUT2D eigenvalue weighted by molar-refractivity contribution is 0.169. The van der Waals surface area contributed by atoms with Gasteiger partial charge in [0.2, 0.25) is 10.0 Å². The molecule has 0 radical (unpaired) electrons. The summed E-state index contributed by atoms with van der Waals surface area (Å²) in [6, 6.07) is 3.63. The van der Waals surface area contributed by atoms with E-state index in [1.165, 1.54) is 11.3 Å². The van der Waals surface area contributed by atoms with Gasteiger partial charge in [-0.05, 0) is 56.3 Å². The molecule has 0 saturated carbocycles. The van der Waals surface area contributed by atoms with Crippen molar-refractivity contribution in [1.82, 2.24) is 9.62 Å². The SMILES string of the molecule is CCc1ccc(S(=O)(=O)NCC2CCN(CC(C)C)CC2)s1. The second-order valence-corrected chi connectivity index (χ2v) is 9.73. The third-order valence-corrected chi connectivity index (χ3v) is 7.29. The summed E-state index contributed by atoms with van der Waals surface area (Å²) in [7, 11) is -3.33. The van der Waals surface area contributed by atoms with Crippen LogP contribution in [0.3, 0.4) is 0 Å². The van der Waals surface area contributed by atoms with Crippen LogP contribution in [0.4, 0.5) is 0 Å². The van der Waals surface area contributed by atoms with Crippen LogP contribution in [0.5, 0.6) is 0 Å². The maximum atomic E-state index is 12.3. The van der Waals surface area contributed by atoms with Crippen molar-refractivity contribution in [3.63, 3.8) is 0 Å². The third kappa shape index (κ3) is 5.05. The van der Waals surface area contributed by atoms with E-state index in [9.17, 15) is 8.42 Å². The van der Waals surface area contributed by atoms with Crippen LogP contribution in [-0.2, 0) is 16.4 Å². The van der Waals surface area contributed by atoms with Gasteiger partial charge in [-0.2, -0.15) is 0 Å². The Balaban J connectivity index is 1.81. The van der Waals surface area contributed by atoms with E-state index in [-0.39, 0.29) is 0 Å². The number of piperidine rings is 1. The molecule has 1 N–H and O–H groups in total. The molecule has 0 bridgehead atoms. The number of rotatable bonds is 7. The van der Waals surface area contributed by atoms with E-state index < -0.39 is 10.0 Å². The van der Waals surface area contributed by atoms with Gasteiger partial charge in [0.05, 0.1) is 0 Å². The van der Waals surface area contributed by atoms with Crippen LogP contribution < -0.4 is 4.72 Å². The fraction of sp³-hybridized carbons (Fsp3) is 0.750. The highest BCUT2D eigenvalue weighted by Gasteiger charge is 2.22. The number of likely N-dealkylation sites (tertiary alicyclic amines) is 1.